The lowest BCUT2D eigenvalue weighted by Crippen LogP contribution is -2.63. The number of hydrogen-bond acceptors (Lipinski definition) is 2. The standard InChI is InChI=1S/C13H5F13O2/c14-8(15)10(18,19)28-6-3-1-5(2-4-6)7(27)9(16,17)11(20,21)12(22,23)13(24,25)26/h1-4,8H. The maximum Gasteiger partial charge on any atom is 0.461 e. The number of carbonyl (C=O) groups is 1. The lowest BCUT2D eigenvalue weighted by molar-refractivity contribution is -0.386. The van der Waals surface area contributed by atoms with Gasteiger partial charge in [-0.1, -0.05) is 0 Å². The Balaban J connectivity index is 3.20. The van der Waals surface area contributed by atoms with Crippen LogP contribution in [0.15, 0.2) is 24.3 Å². The number of ketones is 1. The van der Waals surface area contributed by atoms with E-state index in [1.54, 1.807) is 0 Å². The van der Waals surface area contributed by atoms with Crippen LogP contribution in [0, 0.1) is 0 Å². The molecule has 0 unspecified atom stereocenters. The van der Waals surface area contributed by atoms with Crippen molar-refractivity contribution in [2.24, 2.45) is 0 Å². The zero-order valence-corrected chi connectivity index (χ0v) is 12.6. The van der Waals surface area contributed by atoms with Crippen molar-refractivity contribution in [1.82, 2.24) is 0 Å². The number of benzene rings is 1. The van der Waals surface area contributed by atoms with Gasteiger partial charge in [0.1, 0.15) is 5.75 Å². The van der Waals surface area contributed by atoms with Crippen molar-refractivity contribution in [2.75, 3.05) is 0 Å². The normalized spacial score (nSPS) is 14.4. The van der Waals surface area contributed by atoms with Crippen molar-refractivity contribution < 1.29 is 66.6 Å². The molecule has 0 radical (unpaired) electrons. The van der Waals surface area contributed by atoms with E-state index in [1.807, 2.05) is 0 Å². The van der Waals surface area contributed by atoms with Crippen molar-refractivity contribution in [1.29, 1.82) is 0 Å². The van der Waals surface area contributed by atoms with Crippen molar-refractivity contribution >= 4 is 5.78 Å². The minimum atomic E-state index is -7.30. The molecule has 1 rings (SSSR count). The highest BCUT2D eigenvalue weighted by Gasteiger charge is 2.83. The summed E-state index contributed by atoms with van der Waals surface area (Å²) in [6, 6.07) is 0.239. The quantitative estimate of drug-likeness (QED) is 0.409. The molecule has 0 atom stereocenters. The Morgan fingerprint density at radius 2 is 1.18 bits per heavy atom. The molecule has 0 aliphatic carbocycles. The summed E-state index contributed by atoms with van der Waals surface area (Å²) in [4.78, 5) is 11.4. The maximum atomic E-state index is 13.5. The van der Waals surface area contributed by atoms with Gasteiger partial charge >= 0.3 is 36.5 Å². The second kappa shape index (κ2) is 6.99. The highest BCUT2D eigenvalue weighted by molar-refractivity contribution is 6.02. The van der Waals surface area contributed by atoms with Crippen LogP contribution < -0.4 is 4.74 Å². The zero-order chi connectivity index (χ0) is 22.3. The summed E-state index contributed by atoms with van der Waals surface area (Å²) in [5.74, 6) is -25.5. The molecule has 0 saturated heterocycles. The Morgan fingerprint density at radius 3 is 1.54 bits per heavy atom. The predicted octanol–water partition coefficient (Wildman–Crippen LogP) is 5.57. The molecule has 15 heteroatoms. The van der Waals surface area contributed by atoms with Crippen molar-refractivity contribution in [2.45, 2.75) is 36.5 Å². The second-order valence-electron chi connectivity index (χ2n) is 5.04. The number of halogens is 13. The van der Waals surface area contributed by atoms with E-state index in [-0.39, 0.29) is 24.3 Å². The minimum Gasteiger partial charge on any atom is -0.428 e. The topological polar surface area (TPSA) is 26.3 Å². The predicted molar refractivity (Wildman–Crippen MR) is 63.2 cm³/mol. The Hall–Kier alpha value is -2.22. The fourth-order valence-corrected chi connectivity index (χ4v) is 1.58. The largest absolute Gasteiger partial charge is 0.461 e. The van der Waals surface area contributed by atoms with Crippen LogP contribution in [0.4, 0.5) is 57.1 Å². The smallest absolute Gasteiger partial charge is 0.428 e. The van der Waals surface area contributed by atoms with E-state index in [4.69, 9.17) is 0 Å². The molecule has 1 aromatic rings. The number of ether oxygens (including phenoxy) is 1. The lowest BCUT2D eigenvalue weighted by Gasteiger charge is -2.32. The molecule has 28 heavy (non-hydrogen) atoms. The number of carbonyl (C=O) groups excluding carboxylic acids is 1. The Labute approximate surface area is 145 Å². The third kappa shape index (κ3) is 3.97. The van der Waals surface area contributed by atoms with E-state index >= 15 is 0 Å². The summed E-state index contributed by atoms with van der Waals surface area (Å²) in [5, 5.41) is 0. The summed E-state index contributed by atoms with van der Waals surface area (Å²) < 4.78 is 167. The highest BCUT2D eigenvalue weighted by Crippen LogP contribution is 2.53. The molecule has 0 bridgehead atoms. The highest BCUT2D eigenvalue weighted by atomic mass is 19.4. The van der Waals surface area contributed by atoms with Gasteiger partial charge in [0.25, 0.3) is 0 Å². The molecule has 1 aromatic carbocycles. The molecule has 160 valence electrons. The molecule has 2 nitrogen and oxygen atoms in total. The van der Waals surface area contributed by atoms with E-state index in [1.165, 1.54) is 0 Å². The van der Waals surface area contributed by atoms with Gasteiger partial charge in [-0.2, -0.15) is 57.1 Å². The van der Waals surface area contributed by atoms with Gasteiger partial charge < -0.3 is 4.74 Å². The van der Waals surface area contributed by atoms with E-state index in [0.29, 0.717) is 0 Å². The molecule has 0 aromatic heterocycles. The van der Waals surface area contributed by atoms with Crippen LogP contribution in [-0.4, -0.2) is 42.3 Å². The van der Waals surface area contributed by atoms with Crippen molar-refractivity contribution in [3.8, 4) is 5.75 Å². The molecular weight excluding hydrogens is 435 g/mol. The van der Waals surface area contributed by atoms with Crippen molar-refractivity contribution in [3.05, 3.63) is 29.8 Å². The van der Waals surface area contributed by atoms with Crippen LogP contribution in [-0.2, 0) is 0 Å². The van der Waals surface area contributed by atoms with Gasteiger partial charge in [0, 0.05) is 5.56 Å². The van der Waals surface area contributed by atoms with Crippen LogP contribution in [0.25, 0.3) is 0 Å². The summed E-state index contributed by atoms with van der Waals surface area (Å²) in [5.41, 5.74) is -1.62. The van der Waals surface area contributed by atoms with Gasteiger partial charge in [0.05, 0.1) is 0 Å². The fraction of sp³-hybridized carbons (Fsp3) is 0.462. The molecule has 0 saturated carbocycles. The van der Waals surface area contributed by atoms with Gasteiger partial charge in [-0.3, -0.25) is 4.79 Å². The number of Topliss-reactive ketones (excluding diaryl/α,β-unsaturated/α-hetero) is 1. The van der Waals surface area contributed by atoms with Crippen LogP contribution >= 0.6 is 0 Å². The second-order valence-corrected chi connectivity index (χ2v) is 5.04. The Kier molecular flexibility index (Phi) is 5.94. The number of alkyl halides is 13. The lowest BCUT2D eigenvalue weighted by atomic mass is 9.96. The first-order valence-corrected chi connectivity index (χ1v) is 6.49. The van der Waals surface area contributed by atoms with Gasteiger partial charge in [0.2, 0.25) is 5.78 Å². The average molecular weight is 440 g/mol. The van der Waals surface area contributed by atoms with Gasteiger partial charge in [-0.25, -0.2) is 0 Å². The third-order valence-electron chi connectivity index (χ3n) is 3.05. The first-order valence-electron chi connectivity index (χ1n) is 6.49. The van der Waals surface area contributed by atoms with E-state index in [2.05, 4.69) is 4.74 Å². The summed E-state index contributed by atoms with van der Waals surface area (Å²) in [6.45, 7) is 0. The van der Waals surface area contributed by atoms with Crippen molar-refractivity contribution in [3.63, 3.8) is 0 Å². The Morgan fingerprint density at radius 1 is 0.750 bits per heavy atom. The fourth-order valence-electron chi connectivity index (χ4n) is 1.58. The van der Waals surface area contributed by atoms with Gasteiger partial charge in [0.15, 0.2) is 0 Å². The number of rotatable bonds is 7. The first-order chi connectivity index (χ1) is 12.3. The van der Waals surface area contributed by atoms with E-state index in [9.17, 15) is 61.9 Å². The molecule has 0 spiro atoms. The summed E-state index contributed by atoms with van der Waals surface area (Å²) >= 11 is 0. The van der Waals surface area contributed by atoms with E-state index in [0.717, 1.165) is 0 Å². The summed E-state index contributed by atoms with van der Waals surface area (Å²) in [7, 11) is 0. The molecule has 0 aliphatic heterocycles. The van der Waals surface area contributed by atoms with Crippen LogP contribution in [0.3, 0.4) is 0 Å². The molecule has 0 N–H and O–H groups in total. The van der Waals surface area contributed by atoms with Crippen LogP contribution in [0.1, 0.15) is 10.4 Å². The monoisotopic (exact) mass is 440 g/mol. The maximum absolute atomic E-state index is 13.5. The summed E-state index contributed by atoms with van der Waals surface area (Å²) in [6.07, 6.45) is -16.6. The zero-order valence-electron chi connectivity index (χ0n) is 12.6. The average Bonchev–Trinajstić information content (AvgIpc) is 2.52. The van der Waals surface area contributed by atoms with Crippen LogP contribution in [0.2, 0.25) is 0 Å². The molecular formula is C13H5F13O2. The molecule has 0 heterocycles. The number of hydrogen-bond donors (Lipinski definition) is 0. The Bertz CT molecular complexity index is 706. The first kappa shape index (κ1) is 23.8. The SMILES string of the molecule is O=C(c1ccc(OC(F)(F)C(F)F)cc1)C(F)(F)C(F)(F)C(F)(F)C(F)(F)F. The molecule has 0 fully saturated rings. The van der Waals surface area contributed by atoms with Gasteiger partial charge in [-0.05, 0) is 24.3 Å². The molecule has 0 amide bonds. The third-order valence-corrected chi connectivity index (χ3v) is 3.05. The van der Waals surface area contributed by atoms with E-state index < -0.39 is 53.6 Å². The van der Waals surface area contributed by atoms with Gasteiger partial charge in [-0.15, -0.1) is 0 Å². The minimum absolute atomic E-state index is 0.00502. The molecule has 0 aliphatic rings. The van der Waals surface area contributed by atoms with Crippen LogP contribution in [0.5, 0.6) is 5.75 Å².